The fraction of sp³-hybridized carbons (Fsp3) is 0.222. The number of fused-ring (bicyclic) bond motifs is 1. The molecule has 0 fully saturated rings. The standard InChI is InChI=1S/C9H8BrClN2/c1-2-5-3-12-9-7(5)8(11)6(10)4-13-9/h3-4H,2H2,1H3,(H,12,13). The van der Waals surface area contributed by atoms with Crippen LogP contribution in [0.3, 0.4) is 0 Å². The summed E-state index contributed by atoms with van der Waals surface area (Å²) in [5, 5.41) is 1.77. The largest absolute Gasteiger partial charge is 0.346 e. The Kier molecular flexibility index (Phi) is 2.30. The minimum Gasteiger partial charge on any atom is -0.346 e. The molecule has 2 rings (SSSR count). The molecule has 68 valence electrons. The van der Waals surface area contributed by atoms with Crippen LogP contribution < -0.4 is 0 Å². The van der Waals surface area contributed by atoms with E-state index < -0.39 is 0 Å². The summed E-state index contributed by atoms with van der Waals surface area (Å²) in [6.45, 7) is 2.10. The molecule has 0 aliphatic heterocycles. The van der Waals surface area contributed by atoms with Crippen LogP contribution in [0.2, 0.25) is 5.02 Å². The van der Waals surface area contributed by atoms with Gasteiger partial charge < -0.3 is 4.98 Å². The number of rotatable bonds is 1. The van der Waals surface area contributed by atoms with Crippen molar-refractivity contribution in [3.63, 3.8) is 0 Å². The van der Waals surface area contributed by atoms with Crippen molar-refractivity contribution in [2.24, 2.45) is 0 Å². The van der Waals surface area contributed by atoms with Crippen LogP contribution in [-0.4, -0.2) is 9.97 Å². The third-order valence-corrected chi connectivity index (χ3v) is 3.28. The van der Waals surface area contributed by atoms with Crippen LogP contribution in [0.25, 0.3) is 11.0 Å². The zero-order valence-electron chi connectivity index (χ0n) is 7.06. The van der Waals surface area contributed by atoms with Gasteiger partial charge in [-0.3, -0.25) is 0 Å². The highest BCUT2D eigenvalue weighted by Crippen LogP contribution is 2.31. The van der Waals surface area contributed by atoms with Crippen molar-refractivity contribution >= 4 is 38.6 Å². The third kappa shape index (κ3) is 1.36. The molecule has 2 heterocycles. The van der Waals surface area contributed by atoms with E-state index in [0.29, 0.717) is 0 Å². The Morgan fingerprint density at radius 2 is 2.38 bits per heavy atom. The zero-order chi connectivity index (χ0) is 9.42. The van der Waals surface area contributed by atoms with Gasteiger partial charge in [-0.2, -0.15) is 0 Å². The summed E-state index contributed by atoms with van der Waals surface area (Å²) in [5.41, 5.74) is 2.05. The van der Waals surface area contributed by atoms with E-state index in [4.69, 9.17) is 11.6 Å². The van der Waals surface area contributed by atoms with Crippen LogP contribution in [0.5, 0.6) is 0 Å². The van der Waals surface area contributed by atoms with Crippen LogP contribution in [0, 0.1) is 0 Å². The molecule has 0 aromatic carbocycles. The summed E-state index contributed by atoms with van der Waals surface area (Å²) < 4.78 is 0.843. The SMILES string of the molecule is CCc1c[nH]c2ncc(Br)c(Cl)c12. The Morgan fingerprint density at radius 1 is 1.62 bits per heavy atom. The van der Waals surface area contributed by atoms with Crippen molar-refractivity contribution in [2.75, 3.05) is 0 Å². The first-order chi connectivity index (χ1) is 6.24. The molecule has 0 spiro atoms. The minimum atomic E-state index is 0.739. The van der Waals surface area contributed by atoms with E-state index in [9.17, 15) is 0 Å². The molecule has 0 saturated carbocycles. The van der Waals surface area contributed by atoms with Gasteiger partial charge in [0.1, 0.15) is 5.65 Å². The number of nitrogens with zero attached hydrogens (tertiary/aromatic N) is 1. The molecule has 0 amide bonds. The topological polar surface area (TPSA) is 28.7 Å². The monoisotopic (exact) mass is 258 g/mol. The molecule has 0 unspecified atom stereocenters. The molecule has 1 N–H and O–H groups in total. The number of hydrogen-bond acceptors (Lipinski definition) is 1. The fourth-order valence-electron chi connectivity index (χ4n) is 1.37. The van der Waals surface area contributed by atoms with E-state index in [1.165, 1.54) is 5.56 Å². The van der Waals surface area contributed by atoms with Crippen LogP contribution in [0.1, 0.15) is 12.5 Å². The maximum Gasteiger partial charge on any atom is 0.139 e. The van der Waals surface area contributed by atoms with Gasteiger partial charge in [0.05, 0.1) is 9.50 Å². The summed E-state index contributed by atoms with van der Waals surface area (Å²) >= 11 is 9.50. The Labute approximate surface area is 89.4 Å². The second-order valence-corrected chi connectivity index (χ2v) is 4.04. The normalized spacial score (nSPS) is 11.0. The third-order valence-electron chi connectivity index (χ3n) is 2.06. The van der Waals surface area contributed by atoms with E-state index in [1.807, 2.05) is 6.20 Å². The smallest absolute Gasteiger partial charge is 0.139 e. The number of aryl methyl sites for hydroxylation is 1. The highest BCUT2D eigenvalue weighted by Gasteiger charge is 2.09. The molecule has 2 nitrogen and oxygen atoms in total. The van der Waals surface area contributed by atoms with Gasteiger partial charge in [0, 0.05) is 17.8 Å². The van der Waals surface area contributed by atoms with Crippen LogP contribution in [0.15, 0.2) is 16.9 Å². The van der Waals surface area contributed by atoms with Gasteiger partial charge in [-0.25, -0.2) is 4.98 Å². The van der Waals surface area contributed by atoms with Gasteiger partial charge in [0.2, 0.25) is 0 Å². The first-order valence-corrected chi connectivity index (χ1v) is 5.21. The summed E-state index contributed by atoms with van der Waals surface area (Å²) in [6.07, 6.45) is 4.62. The van der Waals surface area contributed by atoms with Gasteiger partial charge in [0.25, 0.3) is 0 Å². The maximum atomic E-state index is 6.14. The Hall–Kier alpha value is -0.540. The number of H-pyrrole nitrogens is 1. The van der Waals surface area contributed by atoms with Gasteiger partial charge in [-0.05, 0) is 27.9 Å². The number of aromatic amines is 1. The first kappa shape index (κ1) is 9.03. The van der Waals surface area contributed by atoms with Crippen molar-refractivity contribution in [1.82, 2.24) is 9.97 Å². The average Bonchev–Trinajstić information content (AvgIpc) is 2.55. The Balaban J connectivity index is 2.85. The van der Waals surface area contributed by atoms with E-state index >= 15 is 0 Å². The molecular formula is C9H8BrClN2. The Bertz CT molecular complexity index is 450. The number of nitrogens with one attached hydrogen (secondary N) is 1. The molecule has 0 aliphatic carbocycles. The highest BCUT2D eigenvalue weighted by atomic mass is 79.9. The second kappa shape index (κ2) is 3.31. The molecular weight excluding hydrogens is 251 g/mol. The Morgan fingerprint density at radius 3 is 3.08 bits per heavy atom. The molecule has 0 saturated heterocycles. The molecule has 0 aliphatic rings. The lowest BCUT2D eigenvalue weighted by molar-refractivity contribution is 1.15. The van der Waals surface area contributed by atoms with Crippen LogP contribution in [0.4, 0.5) is 0 Å². The lowest BCUT2D eigenvalue weighted by Crippen LogP contribution is -1.81. The molecule has 0 radical (unpaired) electrons. The van der Waals surface area contributed by atoms with Crippen molar-refractivity contribution in [1.29, 1.82) is 0 Å². The summed E-state index contributed by atoms with van der Waals surface area (Å²) in [4.78, 5) is 7.31. The van der Waals surface area contributed by atoms with Crippen LogP contribution in [-0.2, 0) is 6.42 Å². The van der Waals surface area contributed by atoms with Gasteiger partial charge in [-0.15, -0.1) is 0 Å². The minimum absolute atomic E-state index is 0.739. The number of pyridine rings is 1. The molecule has 0 atom stereocenters. The predicted octanol–water partition coefficient (Wildman–Crippen LogP) is 3.54. The summed E-state index contributed by atoms with van der Waals surface area (Å²) in [5.74, 6) is 0. The highest BCUT2D eigenvalue weighted by molar-refractivity contribution is 9.10. The average molecular weight is 260 g/mol. The van der Waals surface area contributed by atoms with E-state index in [2.05, 4.69) is 32.8 Å². The summed E-state index contributed by atoms with van der Waals surface area (Å²) in [6, 6.07) is 0. The summed E-state index contributed by atoms with van der Waals surface area (Å²) in [7, 11) is 0. The maximum absolute atomic E-state index is 6.14. The number of aromatic nitrogens is 2. The van der Waals surface area contributed by atoms with Crippen molar-refractivity contribution in [3.05, 3.63) is 27.5 Å². The van der Waals surface area contributed by atoms with Crippen molar-refractivity contribution in [2.45, 2.75) is 13.3 Å². The fourth-order valence-corrected chi connectivity index (χ4v) is 1.94. The van der Waals surface area contributed by atoms with Crippen molar-refractivity contribution in [3.8, 4) is 0 Å². The van der Waals surface area contributed by atoms with Crippen LogP contribution >= 0.6 is 27.5 Å². The molecule has 4 heteroatoms. The van der Waals surface area contributed by atoms with E-state index in [0.717, 1.165) is 26.9 Å². The predicted molar refractivity (Wildman–Crippen MR) is 58.2 cm³/mol. The number of halogens is 2. The first-order valence-electron chi connectivity index (χ1n) is 4.04. The lowest BCUT2D eigenvalue weighted by Gasteiger charge is -1.98. The van der Waals surface area contributed by atoms with Gasteiger partial charge in [0.15, 0.2) is 0 Å². The molecule has 2 aromatic rings. The van der Waals surface area contributed by atoms with Gasteiger partial charge in [-0.1, -0.05) is 18.5 Å². The molecule has 2 aromatic heterocycles. The van der Waals surface area contributed by atoms with E-state index in [-0.39, 0.29) is 0 Å². The lowest BCUT2D eigenvalue weighted by atomic mass is 10.2. The molecule has 13 heavy (non-hydrogen) atoms. The number of hydrogen-bond donors (Lipinski definition) is 1. The van der Waals surface area contributed by atoms with Gasteiger partial charge >= 0.3 is 0 Å². The second-order valence-electron chi connectivity index (χ2n) is 2.81. The zero-order valence-corrected chi connectivity index (χ0v) is 9.41. The van der Waals surface area contributed by atoms with Crippen molar-refractivity contribution < 1.29 is 0 Å². The quantitative estimate of drug-likeness (QED) is 0.834. The van der Waals surface area contributed by atoms with E-state index in [1.54, 1.807) is 6.20 Å². The molecule has 0 bridgehead atoms.